The topological polar surface area (TPSA) is 78.9 Å². The average Bonchev–Trinajstić information content (AvgIpc) is 3.46. The maximum Gasteiger partial charge on any atom is 0.306 e. The minimum atomic E-state index is -0.794. The summed E-state index contributed by atoms with van der Waals surface area (Å²) in [5.41, 5.74) is 0. The van der Waals surface area contributed by atoms with E-state index in [0.29, 0.717) is 19.3 Å². The van der Waals surface area contributed by atoms with E-state index in [2.05, 4.69) is 130 Å². The fraction of sp³-hybridized carbons (Fsp3) is 0.716. The molecule has 458 valence electrons. The van der Waals surface area contributed by atoms with Crippen LogP contribution in [0.5, 0.6) is 0 Å². The van der Waals surface area contributed by atoms with Gasteiger partial charge in [0.05, 0.1) is 0 Å². The monoisotopic (exact) mass is 1110 g/mol. The molecule has 0 spiro atoms. The molecule has 0 rings (SSSR count). The first-order valence-corrected chi connectivity index (χ1v) is 33.9. The van der Waals surface area contributed by atoms with Crippen molar-refractivity contribution in [1.82, 2.24) is 0 Å². The Morgan fingerprint density at radius 3 is 0.787 bits per heavy atom. The number of hydrogen-bond acceptors (Lipinski definition) is 6. The zero-order valence-corrected chi connectivity index (χ0v) is 52.6. The Hall–Kier alpha value is -3.93. The SMILES string of the molecule is CC/C=C\C/C=C\C/C=C\C/C=C\C/C=C\CCCCCCCCCCCCCCCCCCCC(=O)OCC(COC(=O)CCCCC/C=C\C/C=C\C/C=C\CC)OC(=O)CCCCCCC/C=C\CCCCCCCCC. The predicted octanol–water partition coefficient (Wildman–Crippen LogP) is 23.4. The molecule has 0 amide bonds. The van der Waals surface area contributed by atoms with Gasteiger partial charge in [-0.1, -0.05) is 291 Å². The fourth-order valence-electron chi connectivity index (χ4n) is 9.48. The molecule has 0 aliphatic carbocycles. The highest BCUT2D eigenvalue weighted by atomic mass is 16.6. The summed E-state index contributed by atoms with van der Waals surface area (Å²) in [5, 5.41) is 0. The number of hydrogen-bond donors (Lipinski definition) is 0. The second-order valence-corrected chi connectivity index (χ2v) is 22.3. The lowest BCUT2D eigenvalue weighted by Gasteiger charge is -2.18. The minimum Gasteiger partial charge on any atom is -0.462 e. The largest absolute Gasteiger partial charge is 0.462 e. The van der Waals surface area contributed by atoms with Crippen molar-refractivity contribution in [3.05, 3.63) is 109 Å². The third-order valence-corrected chi connectivity index (χ3v) is 14.5. The molecule has 0 fully saturated rings. The molecule has 0 aliphatic heterocycles. The van der Waals surface area contributed by atoms with Gasteiger partial charge >= 0.3 is 17.9 Å². The Balaban J connectivity index is 4.18. The van der Waals surface area contributed by atoms with Crippen LogP contribution in [-0.4, -0.2) is 37.2 Å². The molecule has 0 aliphatic rings. The number of ether oxygens (including phenoxy) is 3. The van der Waals surface area contributed by atoms with E-state index < -0.39 is 6.10 Å². The molecule has 0 aromatic rings. The van der Waals surface area contributed by atoms with Crippen LogP contribution in [0, 0.1) is 0 Å². The van der Waals surface area contributed by atoms with E-state index in [4.69, 9.17) is 14.2 Å². The average molecular weight is 1110 g/mol. The summed E-state index contributed by atoms with van der Waals surface area (Å²) in [6.45, 7) is 6.40. The van der Waals surface area contributed by atoms with Gasteiger partial charge in [0.2, 0.25) is 0 Å². The van der Waals surface area contributed by atoms with Crippen molar-refractivity contribution in [3.63, 3.8) is 0 Å². The standard InChI is InChI=1S/C74H126O6/c1-4-7-10-13-16-19-22-25-27-29-30-31-32-33-34-35-36-37-38-39-40-41-42-43-44-45-47-49-52-55-58-61-64-67-73(76)79-70-71(69-78-72(75)66-63-60-57-54-51-48-24-21-18-15-12-9-6-3)80-74(77)68-65-62-59-56-53-50-46-28-26-23-20-17-14-11-8-5-2/h7,9-10,12,16,18-19,21,25,27-28,30-31,33-34,46,48,51,71H,4-6,8,11,13-15,17,20,22-24,26,29,32,35-45,47,49-50,52-70H2,1-3H3/b10-7-,12-9-,19-16-,21-18-,27-25-,31-30-,34-33-,46-28-,51-48-. The third-order valence-electron chi connectivity index (χ3n) is 14.5. The summed E-state index contributed by atoms with van der Waals surface area (Å²) < 4.78 is 16.9. The van der Waals surface area contributed by atoms with E-state index in [1.165, 1.54) is 154 Å². The smallest absolute Gasteiger partial charge is 0.306 e. The van der Waals surface area contributed by atoms with Gasteiger partial charge in [-0.25, -0.2) is 0 Å². The van der Waals surface area contributed by atoms with Crippen molar-refractivity contribution < 1.29 is 28.6 Å². The molecule has 1 unspecified atom stereocenters. The summed E-state index contributed by atoms with van der Waals surface area (Å²) >= 11 is 0. The van der Waals surface area contributed by atoms with Crippen molar-refractivity contribution in [1.29, 1.82) is 0 Å². The molecular formula is C74H126O6. The Kier molecular flexibility index (Phi) is 64.3. The maximum absolute atomic E-state index is 12.9. The van der Waals surface area contributed by atoms with Crippen LogP contribution in [-0.2, 0) is 28.6 Å². The summed E-state index contributed by atoms with van der Waals surface area (Å²) in [6.07, 6.45) is 92.7. The molecule has 0 saturated carbocycles. The molecule has 1 atom stereocenters. The summed E-state index contributed by atoms with van der Waals surface area (Å²) in [6, 6.07) is 0. The second-order valence-electron chi connectivity index (χ2n) is 22.3. The van der Waals surface area contributed by atoms with E-state index >= 15 is 0 Å². The molecule has 0 aromatic carbocycles. The first kappa shape index (κ1) is 76.1. The number of unbranched alkanes of at least 4 members (excludes halogenated alkanes) is 32. The van der Waals surface area contributed by atoms with Gasteiger partial charge in [0, 0.05) is 19.3 Å². The van der Waals surface area contributed by atoms with E-state index in [1.807, 2.05) is 0 Å². The van der Waals surface area contributed by atoms with Gasteiger partial charge < -0.3 is 14.2 Å². The quantitative estimate of drug-likeness (QED) is 0.0261. The van der Waals surface area contributed by atoms with Gasteiger partial charge in [0.15, 0.2) is 6.10 Å². The van der Waals surface area contributed by atoms with Crippen molar-refractivity contribution in [2.24, 2.45) is 0 Å². The van der Waals surface area contributed by atoms with Gasteiger partial charge in [0.25, 0.3) is 0 Å². The lowest BCUT2D eigenvalue weighted by molar-refractivity contribution is -0.167. The lowest BCUT2D eigenvalue weighted by Crippen LogP contribution is -2.30. The van der Waals surface area contributed by atoms with Gasteiger partial charge in [-0.05, 0) is 122 Å². The molecule has 0 N–H and O–H groups in total. The highest BCUT2D eigenvalue weighted by Crippen LogP contribution is 2.17. The molecular weight excluding hydrogens is 985 g/mol. The van der Waals surface area contributed by atoms with E-state index in [0.717, 1.165) is 128 Å². The van der Waals surface area contributed by atoms with Crippen LogP contribution in [0.25, 0.3) is 0 Å². The highest BCUT2D eigenvalue weighted by Gasteiger charge is 2.19. The number of rotatable bonds is 61. The molecule has 6 nitrogen and oxygen atoms in total. The van der Waals surface area contributed by atoms with Crippen molar-refractivity contribution >= 4 is 17.9 Å². The van der Waals surface area contributed by atoms with E-state index in [9.17, 15) is 14.4 Å². The number of esters is 3. The number of allylic oxidation sites excluding steroid dienone is 18. The fourth-order valence-corrected chi connectivity index (χ4v) is 9.48. The lowest BCUT2D eigenvalue weighted by atomic mass is 10.0. The Labute approximate surface area is 495 Å². The minimum absolute atomic E-state index is 0.0885. The molecule has 0 aromatic heterocycles. The van der Waals surface area contributed by atoms with Crippen LogP contribution >= 0.6 is 0 Å². The zero-order chi connectivity index (χ0) is 57.8. The van der Waals surface area contributed by atoms with Crippen molar-refractivity contribution in [2.75, 3.05) is 13.2 Å². The van der Waals surface area contributed by atoms with E-state index in [1.54, 1.807) is 0 Å². The number of carbonyl (C=O) groups excluding carboxylic acids is 3. The Morgan fingerprint density at radius 1 is 0.263 bits per heavy atom. The third kappa shape index (κ3) is 64.9. The van der Waals surface area contributed by atoms with Gasteiger partial charge in [-0.15, -0.1) is 0 Å². The van der Waals surface area contributed by atoms with Crippen LogP contribution in [0.4, 0.5) is 0 Å². The molecule has 0 bridgehead atoms. The summed E-state index contributed by atoms with van der Waals surface area (Å²) in [7, 11) is 0. The molecule has 0 heterocycles. The maximum atomic E-state index is 12.9. The number of carbonyl (C=O) groups is 3. The van der Waals surface area contributed by atoms with E-state index in [-0.39, 0.29) is 31.1 Å². The van der Waals surface area contributed by atoms with Gasteiger partial charge in [-0.2, -0.15) is 0 Å². The Morgan fingerprint density at radius 2 is 0.487 bits per heavy atom. The molecule has 6 heteroatoms. The van der Waals surface area contributed by atoms with Crippen LogP contribution in [0.1, 0.15) is 323 Å². The van der Waals surface area contributed by atoms with Crippen LogP contribution in [0.15, 0.2) is 109 Å². The first-order valence-electron chi connectivity index (χ1n) is 33.9. The van der Waals surface area contributed by atoms with Crippen molar-refractivity contribution in [2.45, 2.75) is 329 Å². The van der Waals surface area contributed by atoms with Crippen LogP contribution in [0.2, 0.25) is 0 Å². The Bertz CT molecular complexity index is 1610. The van der Waals surface area contributed by atoms with Gasteiger partial charge in [-0.3, -0.25) is 14.4 Å². The predicted molar refractivity (Wildman–Crippen MR) is 348 cm³/mol. The van der Waals surface area contributed by atoms with Gasteiger partial charge in [0.1, 0.15) is 13.2 Å². The highest BCUT2D eigenvalue weighted by molar-refractivity contribution is 5.71. The second kappa shape index (κ2) is 67.6. The summed E-state index contributed by atoms with van der Waals surface area (Å²) in [5.74, 6) is -0.917. The van der Waals surface area contributed by atoms with Crippen LogP contribution in [0.3, 0.4) is 0 Å². The normalized spacial score (nSPS) is 12.8. The zero-order valence-electron chi connectivity index (χ0n) is 52.6. The molecule has 0 saturated heterocycles. The van der Waals surface area contributed by atoms with Crippen LogP contribution < -0.4 is 0 Å². The van der Waals surface area contributed by atoms with Crippen molar-refractivity contribution in [3.8, 4) is 0 Å². The molecule has 0 radical (unpaired) electrons. The first-order chi connectivity index (χ1) is 39.5. The summed E-state index contributed by atoms with van der Waals surface area (Å²) in [4.78, 5) is 38.3. The molecule has 80 heavy (non-hydrogen) atoms.